The summed E-state index contributed by atoms with van der Waals surface area (Å²) in [6.45, 7) is 0.916. The number of rotatable bonds is 4. The van der Waals surface area contributed by atoms with E-state index in [1.807, 2.05) is 36.4 Å². The van der Waals surface area contributed by atoms with Gasteiger partial charge in [-0.2, -0.15) is 0 Å². The topological polar surface area (TPSA) is 48.1 Å². The lowest BCUT2D eigenvalue weighted by molar-refractivity contribution is 0.290. The molecule has 4 heteroatoms. The average Bonchev–Trinajstić information content (AvgIpc) is 2.38. The van der Waals surface area contributed by atoms with E-state index in [-0.39, 0.29) is 0 Å². The molecule has 0 radical (unpaired) electrons. The molecule has 0 aliphatic heterocycles. The molecule has 0 aliphatic carbocycles. The third kappa shape index (κ3) is 3.28. The first-order chi connectivity index (χ1) is 8.29. The van der Waals surface area contributed by atoms with E-state index in [0.29, 0.717) is 19.0 Å². The maximum Gasteiger partial charge on any atom is 0.218 e. The van der Waals surface area contributed by atoms with E-state index in [1.165, 1.54) is 0 Å². The highest BCUT2D eigenvalue weighted by Crippen LogP contribution is 2.20. The van der Waals surface area contributed by atoms with Crippen molar-refractivity contribution in [3.63, 3.8) is 0 Å². The highest BCUT2D eigenvalue weighted by Gasteiger charge is 2.05. The molecule has 17 heavy (non-hydrogen) atoms. The molecule has 3 nitrogen and oxygen atoms in total. The molecule has 0 saturated carbocycles. The van der Waals surface area contributed by atoms with E-state index in [0.717, 1.165) is 15.6 Å². The van der Waals surface area contributed by atoms with Gasteiger partial charge in [0.25, 0.3) is 0 Å². The Labute approximate surface area is 109 Å². The van der Waals surface area contributed by atoms with E-state index < -0.39 is 0 Å². The summed E-state index contributed by atoms with van der Waals surface area (Å²) in [5, 5.41) is 0. The number of nitrogens with two attached hydrogens (primary N) is 1. The zero-order valence-electron chi connectivity index (χ0n) is 9.27. The number of nitrogens with zero attached hydrogens (tertiary/aromatic N) is 1. The Morgan fingerprint density at radius 3 is 2.71 bits per heavy atom. The lowest BCUT2D eigenvalue weighted by Crippen LogP contribution is -2.04. The summed E-state index contributed by atoms with van der Waals surface area (Å²) in [5.74, 6) is 0.597. The molecule has 0 fully saturated rings. The molecule has 2 aromatic rings. The van der Waals surface area contributed by atoms with Crippen LogP contribution < -0.4 is 10.5 Å². The van der Waals surface area contributed by atoms with Crippen LogP contribution in [0, 0.1) is 0 Å². The quantitative estimate of drug-likeness (QED) is 0.943. The van der Waals surface area contributed by atoms with Crippen molar-refractivity contribution in [1.29, 1.82) is 0 Å². The van der Waals surface area contributed by atoms with E-state index in [1.54, 1.807) is 6.20 Å². The van der Waals surface area contributed by atoms with E-state index in [2.05, 4.69) is 20.9 Å². The standard InChI is InChI=1S/C13H13BrN2O/c14-12-6-11(7-15)13(16-8-12)17-9-10-4-2-1-3-5-10/h1-6,8H,7,9,15H2. The fraction of sp³-hybridized carbons (Fsp3) is 0.154. The van der Waals surface area contributed by atoms with Crippen LogP contribution >= 0.6 is 15.9 Å². The largest absolute Gasteiger partial charge is 0.473 e. The van der Waals surface area contributed by atoms with Gasteiger partial charge in [0.2, 0.25) is 5.88 Å². The molecule has 0 bridgehead atoms. The summed E-state index contributed by atoms with van der Waals surface area (Å²) in [6.07, 6.45) is 1.71. The van der Waals surface area contributed by atoms with Crippen molar-refractivity contribution in [1.82, 2.24) is 4.98 Å². The van der Waals surface area contributed by atoms with Gasteiger partial charge in [0.15, 0.2) is 0 Å². The molecular formula is C13H13BrN2O. The molecule has 2 N–H and O–H groups in total. The van der Waals surface area contributed by atoms with Crippen molar-refractivity contribution in [2.45, 2.75) is 13.2 Å². The average molecular weight is 293 g/mol. The van der Waals surface area contributed by atoms with Gasteiger partial charge in [-0.1, -0.05) is 30.3 Å². The van der Waals surface area contributed by atoms with Gasteiger partial charge in [-0.05, 0) is 27.6 Å². The van der Waals surface area contributed by atoms with Crippen LogP contribution in [0.4, 0.5) is 0 Å². The highest BCUT2D eigenvalue weighted by molar-refractivity contribution is 9.10. The SMILES string of the molecule is NCc1cc(Br)cnc1OCc1ccccc1. The number of aromatic nitrogens is 1. The molecular weight excluding hydrogens is 280 g/mol. The molecule has 0 saturated heterocycles. The van der Waals surface area contributed by atoms with Gasteiger partial charge in [0, 0.05) is 22.8 Å². The van der Waals surface area contributed by atoms with Gasteiger partial charge < -0.3 is 10.5 Å². The molecule has 2 rings (SSSR count). The predicted octanol–water partition coefficient (Wildman–Crippen LogP) is 2.88. The molecule has 0 amide bonds. The van der Waals surface area contributed by atoms with Crippen LogP contribution in [0.2, 0.25) is 0 Å². The van der Waals surface area contributed by atoms with Crippen molar-refractivity contribution in [3.05, 3.63) is 58.2 Å². The first kappa shape index (κ1) is 12.1. The Hall–Kier alpha value is -1.39. The van der Waals surface area contributed by atoms with Crippen LogP contribution in [-0.2, 0) is 13.2 Å². The predicted molar refractivity (Wildman–Crippen MR) is 70.6 cm³/mol. The normalized spacial score (nSPS) is 10.2. The second kappa shape index (κ2) is 5.80. The van der Waals surface area contributed by atoms with Crippen LogP contribution in [-0.4, -0.2) is 4.98 Å². The van der Waals surface area contributed by atoms with Gasteiger partial charge in [0.1, 0.15) is 6.61 Å². The third-order valence-electron chi connectivity index (χ3n) is 2.33. The Bertz CT molecular complexity index is 488. The molecule has 1 heterocycles. The Kier molecular flexibility index (Phi) is 4.12. The monoisotopic (exact) mass is 292 g/mol. The zero-order chi connectivity index (χ0) is 12.1. The summed E-state index contributed by atoms with van der Waals surface area (Å²) < 4.78 is 6.56. The van der Waals surface area contributed by atoms with Gasteiger partial charge in [-0.25, -0.2) is 4.98 Å². The Morgan fingerprint density at radius 1 is 1.24 bits per heavy atom. The molecule has 88 valence electrons. The summed E-state index contributed by atoms with van der Waals surface area (Å²) in [4.78, 5) is 4.22. The van der Waals surface area contributed by atoms with Crippen molar-refractivity contribution in [2.24, 2.45) is 5.73 Å². The number of halogens is 1. The van der Waals surface area contributed by atoms with Crippen LogP contribution in [0.5, 0.6) is 5.88 Å². The van der Waals surface area contributed by atoms with Crippen LogP contribution in [0.15, 0.2) is 47.1 Å². The van der Waals surface area contributed by atoms with Crippen LogP contribution in [0.25, 0.3) is 0 Å². The lowest BCUT2D eigenvalue weighted by atomic mass is 10.2. The maximum atomic E-state index is 5.66. The molecule has 0 unspecified atom stereocenters. The van der Waals surface area contributed by atoms with Crippen molar-refractivity contribution in [3.8, 4) is 5.88 Å². The van der Waals surface area contributed by atoms with Gasteiger partial charge in [-0.3, -0.25) is 0 Å². The molecule has 0 spiro atoms. The second-order valence-corrected chi connectivity index (χ2v) is 4.51. The van der Waals surface area contributed by atoms with Gasteiger partial charge >= 0.3 is 0 Å². The summed E-state index contributed by atoms with van der Waals surface area (Å²) in [5.41, 5.74) is 7.66. The Balaban J connectivity index is 2.09. The number of hydrogen-bond donors (Lipinski definition) is 1. The smallest absolute Gasteiger partial charge is 0.218 e. The molecule has 0 aliphatic rings. The first-order valence-electron chi connectivity index (χ1n) is 5.31. The molecule has 1 aromatic carbocycles. The lowest BCUT2D eigenvalue weighted by Gasteiger charge is -2.09. The van der Waals surface area contributed by atoms with Crippen LogP contribution in [0.3, 0.4) is 0 Å². The van der Waals surface area contributed by atoms with Crippen LogP contribution in [0.1, 0.15) is 11.1 Å². The van der Waals surface area contributed by atoms with Gasteiger partial charge in [-0.15, -0.1) is 0 Å². The van der Waals surface area contributed by atoms with Crippen molar-refractivity contribution < 1.29 is 4.74 Å². The zero-order valence-corrected chi connectivity index (χ0v) is 10.9. The maximum absolute atomic E-state index is 5.66. The summed E-state index contributed by atoms with van der Waals surface area (Å²) in [7, 11) is 0. The Morgan fingerprint density at radius 2 is 2.00 bits per heavy atom. The van der Waals surface area contributed by atoms with E-state index in [9.17, 15) is 0 Å². The minimum atomic E-state index is 0.413. The minimum absolute atomic E-state index is 0.413. The van der Waals surface area contributed by atoms with E-state index in [4.69, 9.17) is 10.5 Å². The number of benzene rings is 1. The van der Waals surface area contributed by atoms with Gasteiger partial charge in [0.05, 0.1) is 0 Å². The van der Waals surface area contributed by atoms with Crippen molar-refractivity contribution >= 4 is 15.9 Å². The summed E-state index contributed by atoms with van der Waals surface area (Å²) >= 11 is 3.36. The van der Waals surface area contributed by atoms with E-state index >= 15 is 0 Å². The highest BCUT2D eigenvalue weighted by atomic mass is 79.9. The molecule has 0 atom stereocenters. The fourth-order valence-electron chi connectivity index (χ4n) is 1.47. The number of hydrogen-bond acceptors (Lipinski definition) is 3. The number of ether oxygens (including phenoxy) is 1. The molecule has 1 aromatic heterocycles. The van der Waals surface area contributed by atoms with Crippen molar-refractivity contribution in [2.75, 3.05) is 0 Å². The number of pyridine rings is 1. The summed E-state index contributed by atoms with van der Waals surface area (Å²) in [6, 6.07) is 11.9. The second-order valence-electron chi connectivity index (χ2n) is 3.60. The fourth-order valence-corrected chi connectivity index (χ4v) is 1.85. The first-order valence-corrected chi connectivity index (χ1v) is 6.10. The minimum Gasteiger partial charge on any atom is -0.473 e. The third-order valence-corrected chi connectivity index (χ3v) is 2.76.